The summed E-state index contributed by atoms with van der Waals surface area (Å²) in [5, 5.41) is 2.23. The number of hydrogen-bond donors (Lipinski definition) is 0. The average Bonchev–Trinajstić information content (AvgIpc) is 3.80. The van der Waals surface area contributed by atoms with E-state index < -0.39 is 0 Å². The molecule has 0 bridgehead atoms. The first kappa shape index (κ1) is 36.9. The summed E-state index contributed by atoms with van der Waals surface area (Å²) in [7, 11) is 2.16. The van der Waals surface area contributed by atoms with Crippen LogP contribution in [0.3, 0.4) is 0 Å². The first-order valence-electron chi connectivity index (χ1n) is 19.7. The van der Waals surface area contributed by atoms with Crippen molar-refractivity contribution in [2.75, 3.05) is 7.05 Å². The van der Waals surface area contributed by atoms with Crippen molar-refractivity contribution in [2.45, 2.75) is 26.2 Å². The van der Waals surface area contributed by atoms with Crippen molar-refractivity contribution in [1.82, 2.24) is 18.9 Å². The van der Waals surface area contributed by atoms with Gasteiger partial charge < -0.3 is 18.7 Å². The van der Waals surface area contributed by atoms with Gasteiger partial charge in [0.05, 0.1) is 17.0 Å². The van der Waals surface area contributed by atoms with Gasteiger partial charge in [-0.1, -0.05) is 111 Å². The summed E-state index contributed by atoms with van der Waals surface area (Å²) < 4.78 is 13.2. The van der Waals surface area contributed by atoms with Crippen LogP contribution in [0.25, 0.3) is 67.3 Å². The number of nitrogens with zero attached hydrogens (tertiary/aromatic N) is 5. The first-order chi connectivity index (χ1) is 28.3. The molecule has 2 aliphatic rings. The van der Waals surface area contributed by atoms with Crippen LogP contribution in [0.15, 0.2) is 152 Å². The molecule has 0 unspecified atom stereocenters. The van der Waals surface area contributed by atoms with Crippen LogP contribution in [0.4, 0.5) is 0 Å². The van der Waals surface area contributed by atoms with Crippen LogP contribution in [0, 0.1) is 18.5 Å². The quantitative estimate of drug-likeness (QED) is 0.100. The molecule has 0 atom stereocenters. The topological polar surface area (TPSA) is 39.1 Å². The summed E-state index contributed by atoms with van der Waals surface area (Å²) >= 11 is 0. The Morgan fingerprint density at radius 1 is 0.695 bits per heavy atom. The summed E-state index contributed by atoms with van der Waals surface area (Å²) in [6.07, 6.45) is 10.0. The van der Waals surface area contributed by atoms with Gasteiger partial charge >= 0.3 is 6.85 Å². The molecule has 0 saturated carbocycles. The number of imidazole rings is 1. The zero-order chi connectivity index (χ0) is 39.1. The maximum atomic E-state index is 6.63. The SMILES string of the molecule is CN1C=Cc2c3[n+]([c-]n2-c2[c-]c(Oc4[c-]c5c(cc4)c4ccccc4n5-c4cc(C(C)(C)C)ccn4)ccc2)-c2ccccc2-c2ccccc2-c2ccccc2B31.[Pt]. The fourth-order valence-electron chi connectivity index (χ4n) is 8.81. The van der Waals surface area contributed by atoms with Gasteiger partial charge in [-0.2, -0.15) is 18.2 Å². The number of rotatable bonds is 4. The predicted octanol–water partition coefficient (Wildman–Crippen LogP) is 9.40. The van der Waals surface area contributed by atoms with Gasteiger partial charge in [0, 0.05) is 44.3 Å². The van der Waals surface area contributed by atoms with Gasteiger partial charge in [-0.05, 0) is 93.4 Å². The predicted molar refractivity (Wildman–Crippen MR) is 234 cm³/mol. The van der Waals surface area contributed by atoms with Crippen LogP contribution in [-0.2, 0) is 26.5 Å². The summed E-state index contributed by atoms with van der Waals surface area (Å²) in [5.74, 6) is 2.03. The molecule has 6 aromatic carbocycles. The Bertz CT molecular complexity index is 3140. The average molecular weight is 943 g/mol. The maximum absolute atomic E-state index is 6.63. The van der Waals surface area contributed by atoms with Gasteiger partial charge in [0.1, 0.15) is 5.82 Å². The molecule has 0 N–H and O–H groups in total. The van der Waals surface area contributed by atoms with Crippen LogP contribution in [0.2, 0.25) is 0 Å². The Morgan fingerprint density at radius 3 is 2.24 bits per heavy atom. The van der Waals surface area contributed by atoms with Crippen LogP contribution < -0.4 is 20.4 Å². The zero-order valence-electron chi connectivity index (χ0n) is 33.0. The second-order valence-corrected chi connectivity index (χ2v) is 16.2. The number of pyridine rings is 1. The fourth-order valence-corrected chi connectivity index (χ4v) is 8.81. The molecule has 9 aromatic rings. The van der Waals surface area contributed by atoms with E-state index in [1.165, 1.54) is 27.7 Å². The molecule has 0 radical (unpaired) electrons. The van der Waals surface area contributed by atoms with Gasteiger partial charge in [0.2, 0.25) is 0 Å². The maximum Gasteiger partial charge on any atom is 0.320 e. The third-order valence-electron chi connectivity index (χ3n) is 11.6. The van der Waals surface area contributed by atoms with E-state index in [9.17, 15) is 0 Å². The Labute approximate surface area is 359 Å². The minimum atomic E-state index is -0.0704. The van der Waals surface area contributed by atoms with E-state index in [1.54, 1.807) is 0 Å². The number of ether oxygens (including phenoxy) is 1. The summed E-state index contributed by atoms with van der Waals surface area (Å²) in [4.78, 5) is 7.15. The molecule has 5 heterocycles. The minimum Gasteiger partial charge on any atom is -0.510 e. The number of fused-ring (bicyclic) bond motifs is 10. The van der Waals surface area contributed by atoms with Gasteiger partial charge in [0.15, 0.2) is 0 Å². The van der Waals surface area contributed by atoms with E-state index in [0.29, 0.717) is 11.5 Å². The minimum absolute atomic E-state index is 0. The molecule has 0 aliphatic carbocycles. The normalized spacial score (nSPS) is 12.8. The van der Waals surface area contributed by atoms with Crippen molar-refractivity contribution < 1.29 is 30.4 Å². The smallest absolute Gasteiger partial charge is 0.320 e. The molecule has 288 valence electrons. The Morgan fingerprint density at radius 2 is 1.41 bits per heavy atom. The Kier molecular flexibility index (Phi) is 8.84. The fraction of sp³-hybridized carbons (Fsp3) is 0.0980. The molecule has 0 fully saturated rings. The number of aromatic nitrogens is 4. The van der Waals surface area contributed by atoms with Gasteiger partial charge in [-0.3, -0.25) is 4.57 Å². The van der Waals surface area contributed by atoms with E-state index in [1.807, 2.05) is 24.4 Å². The van der Waals surface area contributed by atoms with Crippen LogP contribution in [0.5, 0.6) is 11.5 Å². The van der Waals surface area contributed by atoms with Gasteiger partial charge in [-0.15, -0.1) is 29.7 Å². The molecule has 0 amide bonds. The third kappa shape index (κ3) is 5.98. The van der Waals surface area contributed by atoms with E-state index in [4.69, 9.17) is 9.72 Å². The molecular formula is C51H38BN5OPt-2. The molecule has 3 aromatic heterocycles. The van der Waals surface area contributed by atoms with E-state index in [2.05, 4.69) is 198 Å². The zero-order valence-corrected chi connectivity index (χ0v) is 35.3. The molecule has 11 rings (SSSR count). The van der Waals surface area contributed by atoms with Crippen molar-refractivity contribution in [3.63, 3.8) is 0 Å². The second-order valence-electron chi connectivity index (χ2n) is 16.2. The molecule has 0 spiro atoms. The summed E-state index contributed by atoms with van der Waals surface area (Å²) in [5.41, 5.74) is 13.3. The first-order valence-corrected chi connectivity index (χ1v) is 19.7. The van der Waals surface area contributed by atoms with E-state index in [0.717, 1.165) is 55.8 Å². The molecular weight excluding hydrogens is 904 g/mol. The van der Waals surface area contributed by atoms with Gasteiger partial charge in [0.25, 0.3) is 6.33 Å². The van der Waals surface area contributed by atoms with Gasteiger partial charge in [-0.25, -0.2) is 4.98 Å². The molecule has 6 nitrogen and oxygen atoms in total. The summed E-state index contributed by atoms with van der Waals surface area (Å²) in [6.45, 7) is 6.61. The van der Waals surface area contributed by atoms with E-state index >= 15 is 0 Å². The molecule has 2 aliphatic heterocycles. The number of benzene rings is 6. The monoisotopic (exact) mass is 942 g/mol. The molecule has 59 heavy (non-hydrogen) atoms. The molecule has 0 saturated heterocycles. The van der Waals surface area contributed by atoms with Crippen molar-refractivity contribution in [2.24, 2.45) is 0 Å². The molecule has 8 heteroatoms. The number of hydrogen-bond acceptors (Lipinski definition) is 3. The Balaban J connectivity index is 0.00000420. The van der Waals surface area contributed by atoms with Crippen LogP contribution in [0.1, 0.15) is 32.0 Å². The third-order valence-corrected chi connectivity index (χ3v) is 11.6. The summed E-state index contributed by atoms with van der Waals surface area (Å²) in [6, 6.07) is 56.3. The van der Waals surface area contributed by atoms with Crippen molar-refractivity contribution in [3.8, 4) is 50.9 Å². The van der Waals surface area contributed by atoms with E-state index in [-0.39, 0.29) is 33.3 Å². The van der Waals surface area contributed by atoms with Crippen molar-refractivity contribution in [3.05, 3.63) is 182 Å². The van der Waals surface area contributed by atoms with Crippen LogP contribution >= 0.6 is 0 Å². The standard InChI is InChI=1S/C51H38BN5O.Pt/c1-51(2,3)34-26-28-53-49(30-34)57-46-23-12-9-20-42(46)43-25-24-37(32-48(43)57)58-36-15-13-14-35(31-36)55-33-56-45-22-11-8-19-41(45)39-17-6-5-16-38(39)40-18-7-10-21-44(40)52-50(56)47(55)27-29-54(52)4;/h5-30H,1-4H3;/q-2;. The largest absolute Gasteiger partial charge is 0.510 e. The van der Waals surface area contributed by atoms with Crippen molar-refractivity contribution in [1.29, 1.82) is 0 Å². The van der Waals surface area contributed by atoms with Crippen molar-refractivity contribution >= 4 is 45.8 Å². The number of para-hydroxylation sites is 2. The van der Waals surface area contributed by atoms with Crippen LogP contribution in [-0.4, -0.2) is 32.8 Å². The second kappa shape index (κ2) is 14.1. The Hall–Kier alpha value is -6.43.